The first kappa shape index (κ1) is 40.1. The standard InChI is InChI=1S/C48H61NO7/c1-32(50)42-21-22-43-41-20-15-36-31-40(23-27-46(36,2)44(41)24-28-47(42,43)3)56-45(52)49-29-25-37(51)26-30-55-48(33-9-7-6-8-10-33,34-11-16-38(53-4)17-12-34)35-13-18-39(54-5)19-14-35/h6-19,37,40-44,51H,20-31H2,1-5H3,(H,49,52)/t37?,40?,41?,42-,43?,44?,46+,47-/m0/s1. The van der Waals surface area contributed by atoms with Crippen molar-refractivity contribution in [3.63, 3.8) is 0 Å². The molecule has 2 N–H and O–H groups in total. The van der Waals surface area contributed by atoms with E-state index < -0.39 is 17.8 Å². The molecule has 0 aromatic heterocycles. The third kappa shape index (κ3) is 7.64. The molecule has 0 spiro atoms. The number of amides is 1. The summed E-state index contributed by atoms with van der Waals surface area (Å²) in [5.74, 6) is 4.00. The third-order valence-corrected chi connectivity index (χ3v) is 14.5. The molecule has 0 radical (unpaired) electrons. The van der Waals surface area contributed by atoms with Crippen molar-refractivity contribution in [1.29, 1.82) is 0 Å². The van der Waals surface area contributed by atoms with E-state index in [0.717, 1.165) is 66.7 Å². The summed E-state index contributed by atoms with van der Waals surface area (Å²) in [6, 6.07) is 25.9. The number of ketones is 1. The van der Waals surface area contributed by atoms with E-state index in [1.807, 2.05) is 66.7 Å². The van der Waals surface area contributed by atoms with Crippen molar-refractivity contribution >= 4 is 11.9 Å². The molecule has 0 saturated heterocycles. The van der Waals surface area contributed by atoms with Gasteiger partial charge in [-0.25, -0.2) is 4.79 Å². The van der Waals surface area contributed by atoms with Gasteiger partial charge in [-0.2, -0.15) is 0 Å². The minimum absolute atomic E-state index is 0.139. The Kier molecular flexibility index (Phi) is 12.0. The van der Waals surface area contributed by atoms with Crippen LogP contribution in [0.4, 0.5) is 4.79 Å². The van der Waals surface area contributed by atoms with Gasteiger partial charge in [0, 0.05) is 18.9 Å². The summed E-state index contributed by atoms with van der Waals surface area (Å²) < 4.78 is 23.8. The molecule has 5 unspecified atom stereocenters. The van der Waals surface area contributed by atoms with E-state index in [1.54, 1.807) is 21.1 Å². The summed E-state index contributed by atoms with van der Waals surface area (Å²) in [5.41, 5.74) is 3.60. The van der Waals surface area contributed by atoms with E-state index in [0.29, 0.717) is 42.9 Å². The molecule has 3 saturated carbocycles. The number of nitrogens with one attached hydrogen (secondary N) is 1. The highest BCUT2D eigenvalue weighted by molar-refractivity contribution is 5.79. The fraction of sp³-hybridized carbons (Fsp3) is 0.542. The average Bonchev–Trinajstić information content (AvgIpc) is 3.58. The number of fused-ring (bicyclic) bond motifs is 5. The van der Waals surface area contributed by atoms with Crippen LogP contribution in [-0.4, -0.2) is 56.6 Å². The summed E-state index contributed by atoms with van der Waals surface area (Å²) in [5, 5.41) is 14.0. The van der Waals surface area contributed by atoms with E-state index in [4.69, 9.17) is 18.9 Å². The van der Waals surface area contributed by atoms with Gasteiger partial charge < -0.3 is 29.4 Å². The molecular formula is C48H61NO7. The number of aliphatic hydroxyl groups excluding tert-OH is 1. The van der Waals surface area contributed by atoms with Crippen molar-refractivity contribution < 1.29 is 33.6 Å². The highest BCUT2D eigenvalue weighted by Crippen LogP contribution is 2.66. The average molecular weight is 764 g/mol. The predicted octanol–water partition coefficient (Wildman–Crippen LogP) is 9.42. The smallest absolute Gasteiger partial charge is 0.407 e. The zero-order valence-electron chi connectivity index (χ0n) is 33.9. The molecule has 3 aromatic rings. The molecule has 7 rings (SSSR count). The first-order valence-corrected chi connectivity index (χ1v) is 20.8. The van der Waals surface area contributed by atoms with Gasteiger partial charge in [0.15, 0.2) is 0 Å². The zero-order valence-corrected chi connectivity index (χ0v) is 33.9. The maximum atomic E-state index is 13.0. The van der Waals surface area contributed by atoms with E-state index in [-0.39, 0.29) is 29.5 Å². The molecular weight excluding hydrogens is 703 g/mol. The van der Waals surface area contributed by atoms with Crippen LogP contribution in [0.1, 0.15) is 102 Å². The van der Waals surface area contributed by atoms with Gasteiger partial charge in [-0.15, -0.1) is 0 Å². The Morgan fingerprint density at radius 2 is 1.46 bits per heavy atom. The number of alkyl carbamates (subject to hydrolysis) is 1. The lowest BCUT2D eigenvalue weighted by Crippen LogP contribution is -2.51. The normalized spacial score (nSPS) is 28.8. The monoisotopic (exact) mass is 763 g/mol. The van der Waals surface area contributed by atoms with Gasteiger partial charge in [-0.05, 0) is 134 Å². The lowest BCUT2D eigenvalue weighted by Gasteiger charge is -2.58. The number of benzene rings is 3. The minimum Gasteiger partial charge on any atom is -0.497 e. The van der Waals surface area contributed by atoms with Crippen molar-refractivity contribution in [2.24, 2.45) is 34.5 Å². The molecule has 0 bridgehead atoms. The highest BCUT2D eigenvalue weighted by atomic mass is 16.6. The first-order valence-electron chi connectivity index (χ1n) is 20.8. The summed E-state index contributed by atoms with van der Waals surface area (Å²) in [6.45, 7) is 7.23. The van der Waals surface area contributed by atoms with Crippen LogP contribution in [0.3, 0.4) is 0 Å². The lowest BCUT2D eigenvalue weighted by atomic mass is 9.47. The summed E-state index contributed by atoms with van der Waals surface area (Å²) in [7, 11) is 3.30. The highest BCUT2D eigenvalue weighted by Gasteiger charge is 2.59. The molecule has 3 fully saturated rings. The van der Waals surface area contributed by atoms with E-state index in [9.17, 15) is 14.7 Å². The number of ether oxygens (including phenoxy) is 4. The van der Waals surface area contributed by atoms with Gasteiger partial charge in [-0.1, -0.05) is 80.1 Å². The molecule has 4 aliphatic rings. The van der Waals surface area contributed by atoms with Crippen LogP contribution in [0.2, 0.25) is 0 Å². The Labute approximate surface area is 333 Å². The van der Waals surface area contributed by atoms with Crippen LogP contribution in [-0.2, 0) is 19.9 Å². The molecule has 56 heavy (non-hydrogen) atoms. The van der Waals surface area contributed by atoms with Gasteiger partial charge >= 0.3 is 6.09 Å². The van der Waals surface area contributed by atoms with Crippen LogP contribution in [0, 0.1) is 34.5 Å². The molecule has 8 atom stereocenters. The van der Waals surface area contributed by atoms with Crippen molar-refractivity contribution in [1.82, 2.24) is 5.32 Å². The van der Waals surface area contributed by atoms with E-state index >= 15 is 0 Å². The SMILES string of the molecule is COc1ccc(C(OCCC(O)CCNC(=O)OC2CC[C@]3(C)C(=CCC4C3CC[C@]3(C)C4CC[C@H]3C(C)=O)C2)(c2ccccc2)c2ccc(OC)cc2)cc1. The van der Waals surface area contributed by atoms with Crippen molar-refractivity contribution in [2.75, 3.05) is 27.4 Å². The molecule has 3 aromatic carbocycles. The van der Waals surface area contributed by atoms with Crippen LogP contribution in [0.25, 0.3) is 0 Å². The maximum Gasteiger partial charge on any atom is 0.407 e. The Bertz CT molecular complexity index is 1790. The number of Topliss-reactive ketones (excluding diaryl/α,β-unsaturated/α-hetero) is 1. The van der Waals surface area contributed by atoms with Gasteiger partial charge in [-0.3, -0.25) is 4.79 Å². The second-order valence-electron chi connectivity index (χ2n) is 17.3. The summed E-state index contributed by atoms with van der Waals surface area (Å²) >= 11 is 0. The summed E-state index contributed by atoms with van der Waals surface area (Å²) in [4.78, 5) is 25.5. The Morgan fingerprint density at radius 1 is 0.821 bits per heavy atom. The number of allylic oxidation sites excluding steroid dienone is 1. The number of rotatable bonds is 14. The van der Waals surface area contributed by atoms with Crippen molar-refractivity contribution in [2.45, 2.75) is 103 Å². The lowest BCUT2D eigenvalue weighted by molar-refractivity contribution is -0.127. The van der Waals surface area contributed by atoms with Crippen molar-refractivity contribution in [3.8, 4) is 11.5 Å². The topological polar surface area (TPSA) is 103 Å². The molecule has 1 amide bonds. The van der Waals surface area contributed by atoms with Crippen LogP contribution >= 0.6 is 0 Å². The maximum absolute atomic E-state index is 13.0. The van der Waals surface area contributed by atoms with Gasteiger partial charge in [0.1, 0.15) is 29.0 Å². The van der Waals surface area contributed by atoms with Gasteiger partial charge in [0.25, 0.3) is 0 Å². The van der Waals surface area contributed by atoms with E-state index in [1.165, 1.54) is 18.4 Å². The number of hydrogen-bond acceptors (Lipinski definition) is 7. The van der Waals surface area contributed by atoms with Gasteiger partial charge in [0.2, 0.25) is 0 Å². The molecule has 8 nitrogen and oxygen atoms in total. The molecule has 8 heteroatoms. The van der Waals surface area contributed by atoms with E-state index in [2.05, 4.69) is 37.4 Å². The Hall–Kier alpha value is -4.14. The van der Waals surface area contributed by atoms with Crippen LogP contribution < -0.4 is 14.8 Å². The van der Waals surface area contributed by atoms with Gasteiger partial charge in [0.05, 0.1) is 26.9 Å². The molecule has 0 heterocycles. The predicted molar refractivity (Wildman–Crippen MR) is 218 cm³/mol. The fourth-order valence-corrected chi connectivity index (χ4v) is 11.5. The Morgan fingerprint density at radius 3 is 2.09 bits per heavy atom. The minimum atomic E-state index is -0.959. The summed E-state index contributed by atoms with van der Waals surface area (Å²) in [6.07, 6.45) is 10.3. The third-order valence-electron chi connectivity index (χ3n) is 14.5. The molecule has 0 aliphatic heterocycles. The van der Waals surface area contributed by atoms with Crippen LogP contribution in [0.15, 0.2) is 90.5 Å². The quantitative estimate of drug-likeness (QED) is 0.125. The number of carbonyl (C=O) groups is 2. The van der Waals surface area contributed by atoms with Crippen LogP contribution in [0.5, 0.6) is 11.5 Å². The Balaban J connectivity index is 0.930. The fourth-order valence-electron chi connectivity index (χ4n) is 11.5. The second kappa shape index (κ2) is 16.8. The zero-order chi connectivity index (χ0) is 39.5. The molecule has 300 valence electrons. The largest absolute Gasteiger partial charge is 0.497 e. The number of methoxy groups -OCH3 is 2. The number of hydrogen-bond donors (Lipinski definition) is 2. The molecule has 4 aliphatic carbocycles. The second-order valence-corrected chi connectivity index (χ2v) is 17.3. The van der Waals surface area contributed by atoms with Crippen molar-refractivity contribution in [3.05, 3.63) is 107 Å². The number of aliphatic hydroxyl groups is 1. The number of carbonyl (C=O) groups excluding carboxylic acids is 2. The first-order chi connectivity index (χ1) is 27.0.